The normalized spacial score (nSPS) is 15.5. The summed E-state index contributed by atoms with van der Waals surface area (Å²) in [7, 11) is 0. The predicted molar refractivity (Wildman–Crippen MR) is 63.5 cm³/mol. The molecular weight excluding hydrogens is 281 g/mol. The molecule has 0 aliphatic carbocycles. The van der Waals surface area contributed by atoms with Gasteiger partial charge in [-0.3, -0.25) is 4.79 Å². The number of fused-ring (bicyclic) bond motifs is 1. The van der Waals surface area contributed by atoms with Gasteiger partial charge in [0.1, 0.15) is 11.2 Å². The molecule has 19 heavy (non-hydrogen) atoms. The second kappa shape index (κ2) is 4.26. The average molecular weight is 286 g/mol. The molecule has 1 aliphatic heterocycles. The van der Waals surface area contributed by atoms with Crippen LogP contribution in [0.15, 0.2) is 11.2 Å². The molecule has 0 atom stereocenters. The maximum Gasteiger partial charge on any atom is 0.299 e. The molecule has 98 valence electrons. The summed E-state index contributed by atoms with van der Waals surface area (Å²) < 4.78 is 39.6. The number of thioether (sulfide) groups is 1. The molecule has 0 spiro atoms. The molecule has 0 radical (unpaired) electrons. The molecule has 3 rings (SSSR count). The molecule has 2 N–H and O–H groups in total. The number of amides is 1. The molecule has 5 nitrogen and oxygen atoms in total. The fourth-order valence-corrected chi connectivity index (χ4v) is 2.21. The number of nitrogens with one attached hydrogen (secondary N) is 2. The van der Waals surface area contributed by atoms with Gasteiger partial charge in [0.25, 0.3) is 5.24 Å². The number of halogens is 3. The van der Waals surface area contributed by atoms with Crippen LogP contribution in [0.2, 0.25) is 0 Å². The van der Waals surface area contributed by atoms with Crippen LogP contribution in [-0.2, 0) is 0 Å². The molecule has 0 unspecified atom stereocenters. The van der Waals surface area contributed by atoms with Crippen LogP contribution in [0, 0.1) is 17.5 Å². The lowest BCUT2D eigenvalue weighted by atomic mass is 10.3. The first kappa shape index (κ1) is 12.0. The lowest BCUT2D eigenvalue weighted by Crippen LogP contribution is -2.24. The van der Waals surface area contributed by atoms with E-state index in [0.717, 1.165) is 17.8 Å². The first-order valence-electron chi connectivity index (χ1n) is 5.09. The number of benzene rings is 1. The van der Waals surface area contributed by atoms with Gasteiger partial charge < -0.3 is 4.98 Å². The Balaban J connectivity index is 2.12. The van der Waals surface area contributed by atoms with Crippen molar-refractivity contribution in [1.29, 1.82) is 0 Å². The molecule has 1 aromatic heterocycles. The Hall–Kier alpha value is -2.03. The van der Waals surface area contributed by atoms with Crippen LogP contribution >= 0.6 is 11.8 Å². The zero-order chi connectivity index (χ0) is 13.6. The Morgan fingerprint density at radius 2 is 2.05 bits per heavy atom. The lowest BCUT2D eigenvalue weighted by molar-refractivity contribution is 0.261. The summed E-state index contributed by atoms with van der Waals surface area (Å²) in [4.78, 5) is 17.4. The quantitative estimate of drug-likeness (QED) is 0.789. The van der Waals surface area contributed by atoms with Crippen molar-refractivity contribution in [2.75, 3.05) is 5.75 Å². The van der Waals surface area contributed by atoms with Crippen molar-refractivity contribution in [1.82, 2.24) is 15.4 Å². The number of aromatic amines is 1. The third-order valence-electron chi connectivity index (χ3n) is 2.51. The standard InChI is InChI=1S/C10H5F3N4OS/c11-3-1-4-8(7(13)6(3)12)15-9(14-4)5-2-19-10(18)17-16-5/h1H,2H2,(H,14,15)(H,17,18). The van der Waals surface area contributed by atoms with Crippen LogP contribution in [-0.4, -0.2) is 26.7 Å². The number of aromatic nitrogens is 2. The Morgan fingerprint density at radius 3 is 2.74 bits per heavy atom. The van der Waals surface area contributed by atoms with Gasteiger partial charge in [0, 0.05) is 6.07 Å². The highest BCUT2D eigenvalue weighted by molar-refractivity contribution is 8.14. The Kier molecular flexibility index (Phi) is 2.70. The Morgan fingerprint density at radius 1 is 1.26 bits per heavy atom. The minimum Gasteiger partial charge on any atom is -0.337 e. The van der Waals surface area contributed by atoms with Gasteiger partial charge in [0.15, 0.2) is 23.3 Å². The third-order valence-corrected chi connectivity index (χ3v) is 3.28. The first-order chi connectivity index (χ1) is 9.06. The molecule has 2 aromatic rings. The van der Waals surface area contributed by atoms with Crippen molar-refractivity contribution < 1.29 is 18.0 Å². The van der Waals surface area contributed by atoms with Gasteiger partial charge >= 0.3 is 0 Å². The summed E-state index contributed by atoms with van der Waals surface area (Å²) in [6.45, 7) is 0. The van der Waals surface area contributed by atoms with Crippen molar-refractivity contribution in [3.05, 3.63) is 29.3 Å². The van der Waals surface area contributed by atoms with Gasteiger partial charge in [-0.05, 0) is 0 Å². The van der Waals surface area contributed by atoms with Gasteiger partial charge in [-0.15, -0.1) is 0 Å². The average Bonchev–Trinajstić information content (AvgIpc) is 2.81. The van der Waals surface area contributed by atoms with Crippen LogP contribution < -0.4 is 5.43 Å². The molecular formula is C10H5F3N4OS. The van der Waals surface area contributed by atoms with E-state index in [-0.39, 0.29) is 27.8 Å². The van der Waals surface area contributed by atoms with E-state index in [1.54, 1.807) is 0 Å². The van der Waals surface area contributed by atoms with Gasteiger partial charge in [-0.1, -0.05) is 11.8 Å². The highest BCUT2D eigenvalue weighted by atomic mass is 32.2. The molecule has 0 saturated heterocycles. The minimum absolute atomic E-state index is 0.0241. The summed E-state index contributed by atoms with van der Waals surface area (Å²) in [6.07, 6.45) is 0. The van der Waals surface area contributed by atoms with Crippen LogP contribution in [0.5, 0.6) is 0 Å². The number of imidazole rings is 1. The second-order valence-electron chi connectivity index (χ2n) is 3.71. The topological polar surface area (TPSA) is 70.1 Å². The van der Waals surface area contributed by atoms with E-state index in [0.29, 0.717) is 5.71 Å². The number of carbonyl (C=O) groups excluding carboxylic acids is 1. The largest absolute Gasteiger partial charge is 0.337 e. The van der Waals surface area contributed by atoms with Crippen LogP contribution in [0.1, 0.15) is 5.82 Å². The summed E-state index contributed by atoms with van der Waals surface area (Å²) in [5.41, 5.74) is 2.30. The summed E-state index contributed by atoms with van der Waals surface area (Å²) in [6, 6.07) is 0.819. The van der Waals surface area contributed by atoms with Crippen molar-refractivity contribution in [3.63, 3.8) is 0 Å². The molecule has 1 aliphatic rings. The van der Waals surface area contributed by atoms with Gasteiger partial charge in [0.2, 0.25) is 0 Å². The van der Waals surface area contributed by atoms with Crippen molar-refractivity contribution in [2.24, 2.45) is 5.10 Å². The summed E-state index contributed by atoms with van der Waals surface area (Å²) >= 11 is 0.959. The van der Waals surface area contributed by atoms with E-state index in [2.05, 4.69) is 20.5 Å². The Labute approximate surface area is 108 Å². The van der Waals surface area contributed by atoms with Crippen molar-refractivity contribution >= 4 is 33.7 Å². The van der Waals surface area contributed by atoms with E-state index in [1.165, 1.54) is 0 Å². The smallest absolute Gasteiger partial charge is 0.299 e. The van der Waals surface area contributed by atoms with E-state index >= 15 is 0 Å². The zero-order valence-electron chi connectivity index (χ0n) is 9.13. The molecule has 0 bridgehead atoms. The predicted octanol–water partition coefficient (Wildman–Crippen LogP) is 2.14. The third kappa shape index (κ3) is 1.95. The minimum atomic E-state index is -1.57. The maximum absolute atomic E-state index is 13.5. The molecule has 0 saturated carbocycles. The lowest BCUT2D eigenvalue weighted by Gasteiger charge is -2.08. The number of nitrogens with zero attached hydrogens (tertiary/aromatic N) is 2. The maximum atomic E-state index is 13.5. The first-order valence-corrected chi connectivity index (χ1v) is 6.07. The van der Waals surface area contributed by atoms with Crippen LogP contribution in [0.3, 0.4) is 0 Å². The number of hydrazone groups is 1. The molecule has 0 fully saturated rings. The van der Waals surface area contributed by atoms with Gasteiger partial charge in [-0.25, -0.2) is 23.6 Å². The summed E-state index contributed by atoms with van der Waals surface area (Å²) in [5, 5.41) is 3.43. The van der Waals surface area contributed by atoms with E-state index < -0.39 is 17.5 Å². The van der Waals surface area contributed by atoms with Gasteiger partial charge in [-0.2, -0.15) is 5.10 Å². The van der Waals surface area contributed by atoms with Crippen molar-refractivity contribution in [3.8, 4) is 0 Å². The number of carbonyl (C=O) groups is 1. The molecule has 2 heterocycles. The fraction of sp³-hybridized carbons (Fsp3) is 0.100. The summed E-state index contributed by atoms with van der Waals surface area (Å²) in [5.74, 6) is -3.83. The van der Waals surface area contributed by atoms with E-state index in [1.807, 2.05) is 0 Å². The zero-order valence-corrected chi connectivity index (χ0v) is 9.95. The Bertz CT molecular complexity index is 727. The highest BCUT2D eigenvalue weighted by Crippen LogP contribution is 2.22. The molecule has 1 amide bonds. The fourth-order valence-electron chi connectivity index (χ4n) is 1.63. The second-order valence-corrected chi connectivity index (χ2v) is 4.66. The number of H-pyrrole nitrogens is 1. The van der Waals surface area contributed by atoms with Crippen molar-refractivity contribution in [2.45, 2.75) is 0 Å². The number of hydrogen-bond acceptors (Lipinski definition) is 4. The monoisotopic (exact) mass is 286 g/mol. The molecule has 9 heteroatoms. The van der Waals surface area contributed by atoms with Crippen LogP contribution in [0.4, 0.5) is 18.0 Å². The van der Waals surface area contributed by atoms with Gasteiger partial charge in [0.05, 0.1) is 11.3 Å². The highest BCUT2D eigenvalue weighted by Gasteiger charge is 2.21. The van der Waals surface area contributed by atoms with E-state index in [4.69, 9.17) is 0 Å². The number of rotatable bonds is 1. The SMILES string of the molecule is O=C1NN=C(c2nc3c(F)c(F)c(F)cc3[nH]2)CS1. The van der Waals surface area contributed by atoms with E-state index in [9.17, 15) is 18.0 Å². The van der Waals surface area contributed by atoms with Crippen LogP contribution in [0.25, 0.3) is 11.0 Å². The number of hydrogen-bond donors (Lipinski definition) is 2. The molecule has 1 aromatic carbocycles.